The van der Waals surface area contributed by atoms with E-state index < -0.39 is 33.9 Å². The van der Waals surface area contributed by atoms with E-state index in [1.165, 1.54) is 37.3 Å². The Bertz CT molecular complexity index is 814. The number of anilines is 1. The van der Waals surface area contributed by atoms with Crippen molar-refractivity contribution in [1.29, 1.82) is 0 Å². The summed E-state index contributed by atoms with van der Waals surface area (Å²) < 4.78 is 13.9. The molecular weight excluding hydrogens is 305 g/mol. The lowest BCUT2D eigenvalue weighted by Crippen LogP contribution is -2.33. The molecule has 0 fully saturated rings. The predicted octanol–water partition coefficient (Wildman–Crippen LogP) is 2.40. The molecule has 1 atom stereocenters. The van der Waals surface area contributed by atoms with Crippen LogP contribution in [0, 0.1) is 22.9 Å². The predicted molar refractivity (Wildman–Crippen MR) is 81.8 cm³/mol. The van der Waals surface area contributed by atoms with Gasteiger partial charge in [-0.2, -0.15) is 0 Å². The number of aryl methyl sites for hydroxylation is 1. The fraction of sp³-hybridized carbons (Fsp3) is 0.200. The second kappa shape index (κ2) is 6.39. The Labute approximate surface area is 130 Å². The smallest absolute Gasteiger partial charge is 0.324 e. The molecule has 8 heteroatoms. The van der Waals surface area contributed by atoms with E-state index in [-0.39, 0.29) is 0 Å². The number of carbonyl (C=O) groups is 1. The standard InChI is InChI=1S/C15H14FN3O4/c1-9-3-8-13(19(22)23)15(21)18(9)10(2)14(20)17-12-6-4-11(16)5-7-12/h3-8,10H,1-2H3,(H,17,20). The molecule has 0 spiro atoms. The number of halogens is 1. The molecule has 1 heterocycles. The van der Waals surface area contributed by atoms with Crippen molar-refractivity contribution >= 4 is 17.3 Å². The SMILES string of the molecule is Cc1ccc([N+](=O)[O-])c(=O)n1C(C)C(=O)Nc1ccc(F)cc1. The zero-order valence-corrected chi connectivity index (χ0v) is 12.4. The summed E-state index contributed by atoms with van der Waals surface area (Å²) in [6, 6.07) is 6.68. The maximum Gasteiger partial charge on any atom is 0.334 e. The maximum atomic E-state index is 12.9. The van der Waals surface area contributed by atoms with Crippen LogP contribution in [0.1, 0.15) is 18.7 Å². The fourth-order valence-corrected chi connectivity index (χ4v) is 2.15. The summed E-state index contributed by atoms with van der Waals surface area (Å²) in [5.41, 5.74) is -0.671. The van der Waals surface area contributed by atoms with Crippen LogP contribution in [0.4, 0.5) is 15.8 Å². The molecule has 1 aromatic carbocycles. The summed E-state index contributed by atoms with van der Waals surface area (Å²) in [5, 5.41) is 13.4. The van der Waals surface area contributed by atoms with Crippen LogP contribution in [0.15, 0.2) is 41.2 Å². The minimum Gasteiger partial charge on any atom is -0.324 e. The lowest BCUT2D eigenvalue weighted by molar-refractivity contribution is -0.386. The van der Waals surface area contributed by atoms with E-state index in [1.807, 2.05) is 0 Å². The Hall–Kier alpha value is -3.03. The van der Waals surface area contributed by atoms with Gasteiger partial charge in [0.15, 0.2) is 0 Å². The highest BCUT2D eigenvalue weighted by molar-refractivity contribution is 5.93. The molecule has 23 heavy (non-hydrogen) atoms. The molecule has 0 saturated carbocycles. The van der Waals surface area contributed by atoms with Crippen molar-refractivity contribution < 1.29 is 14.1 Å². The third-order valence-electron chi connectivity index (χ3n) is 3.38. The monoisotopic (exact) mass is 319 g/mol. The highest BCUT2D eigenvalue weighted by Gasteiger charge is 2.23. The summed E-state index contributed by atoms with van der Waals surface area (Å²) in [6.07, 6.45) is 0. The molecule has 1 aromatic heterocycles. The van der Waals surface area contributed by atoms with Crippen LogP contribution in [0.3, 0.4) is 0 Å². The Morgan fingerprint density at radius 3 is 2.43 bits per heavy atom. The normalized spacial score (nSPS) is 11.8. The van der Waals surface area contributed by atoms with Gasteiger partial charge >= 0.3 is 11.2 Å². The van der Waals surface area contributed by atoms with Crippen LogP contribution >= 0.6 is 0 Å². The van der Waals surface area contributed by atoms with Crippen molar-refractivity contribution in [3.8, 4) is 0 Å². The molecule has 0 bridgehead atoms. The van der Waals surface area contributed by atoms with E-state index >= 15 is 0 Å². The second-order valence-corrected chi connectivity index (χ2v) is 4.96. The first-order valence-electron chi connectivity index (χ1n) is 6.74. The minimum atomic E-state index is -0.965. The summed E-state index contributed by atoms with van der Waals surface area (Å²) in [4.78, 5) is 34.5. The number of nitrogens with one attached hydrogen (secondary N) is 1. The number of nitrogens with zero attached hydrogens (tertiary/aromatic N) is 2. The van der Waals surface area contributed by atoms with Crippen LogP contribution in [0.5, 0.6) is 0 Å². The topological polar surface area (TPSA) is 94.2 Å². The van der Waals surface area contributed by atoms with Crippen LogP contribution in [-0.4, -0.2) is 15.4 Å². The van der Waals surface area contributed by atoms with Gasteiger partial charge in [0.2, 0.25) is 5.91 Å². The van der Waals surface area contributed by atoms with Crippen LogP contribution in [0.25, 0.3) is 0 Å². The maximum absolute atomic E-state index is 12.9. The van der Waals surface area contributed by atoms with Crippen molar-refractivity contribution in [2.24, 2.45) is 0 Å². The lowest BCUT2D eigenvalue weighted by atomic mass is 10.2. The van der Waals surface area contributed by atoms with Gasteiger partial charge in [0.1, 0.15) is 11.9 Å². The van der Waals surface area contributed by atoms with Gasteiger partial charge in [-0.05, 0) is 44.2 Å². The second-order valence-electron chi connectivity index (χ2n) is 4.96. The number of hydrogen-bond donors (Lipinski definition) is 1. The Morgan fingerprint density at radius 2 is 1.87 bits per heavy atom. The zero-order chi connectivity index (χ0) is 17.1. The van der Waals surface area contributed by atoms with Crippen molar-refractivity contribution in [1.82, 2.24) is 4.57 Å². The van der Waals surface area contributed by atoms with Gasteiger partial charge in [0.25, 0.3) is 0 Å². The molecular formula is C15H14FN3O4. The van der Waals surface area contributed by atoms with Crippen molar-refractivity contribution in [3.63, 3.8) is 0 Å². The Balaban J connectivity index is 2.32. The average Bonchev–Trinajstić information content (AvgIpc) is 2.49. The van der Waals surface area contributed by atoms with E-state index in [4.69, 9.17) is 0 Å². The van der Waals surface area contributed by atoms with Crippen molar-refractivity contribution in [3.05, 3.63) is 68.4 Å². The first-order valence-corrected chi connectivity index (χ1v) is 6.74. The third-order valence-corrected chi connectivity index (χ3v) is 3.38. The molecule has 1 N–H and O–H groups in total. The quantitative estimate of drug-likeness (QED) is 0.691. The summed E-state index contributed by atoms with van der Waals surface area (Å²) in [6.45, 7) is 3.03. The third kappa shape index (κ3) is 3.42. The summed E-state index contributed by atoms with van der Waals surface area (Å²) in [5.74, 6) is -0.982. The molecule has 1 amide bonds. The van der Waals surface area contributed by atoms with Crippen LogP contribution in [-0.2, 0) is 4.79 Å². The number of rotatable bonds is 4. The summed E-state index contributed by atoms with van der Waals surface area (Å²) in [7, 11) is 0. The number of nitro groups is 1. The highest BCUT2D eigenvalue weighted by atomic mass is 19.1. The highest BCUT2D eigenvalue weighted by Crippen LogP contribution is 2.15. The summed E-state index contributed by atoms with van der Waals surface area (Å²) >= 11 is 0. The lowest BCUT2D eigenvalue weighted by Gasteiger charge is -2.17. The first kappa shape index (κ1) is 16.3. The Morgan fingerprint density at radius 1 is 1.26 bits per heavy atom. The number of benzene rings is 1. The van der Waals surface area contributed by atoms with E-state index in [9.17, 15) is 24.1 Å². The first-order chi connectivity index (χ1) is 10.8. The molecule has 2 aromatic rings. The van der Waals surface area contributed by atoms with Crippen molar-refractivity contribution in [2.75, 3.05) is 5.32 Å². The zero-order valence-electron chi connectivity index (χ0n) is 12.4. The number of carbonyl (C=O) groups excluding carboxylic acids is 1. The van der Waals surface area contributed by atoms with E-state index in [1.54, 1.807) is 6.92 Å². The van der Waals surface area contributed by atoms with Gasteiger partial charge in [-0.1, -0.05) is 0 Å². The molecule has 1 unspecified atom stereocenters. The molecule has 0 radical (unpaired) electrons. The number of pyridine rings is 1. The molecule has 2 rings (SSSR count). The van der Waals surface area contributed by atoms with E-state index in [0.717, 1.165) is 10.6 Å². The van der Waals surface area contributed by atoms with Crippen LogP contribution in [0.2, 0.25) is 0 Å². The van der Waals surface area contributed by atoms with Crippen molar-refractivity contribution in [2.45, 2.75) is 19.9 Å². The molecule has 120 valence electrons. The Kier molecular flexibility index (Phi) is 4.54. The molecule has 7 nitrogen and oxygen atoms in total. The average molecular weight is 319 g/mol. The minimum absolute atomic E-state index is 0.361. The van der Waals surface area contributed by atoms with Gasteiger partial charge in [0.05, 0.1) is 4.92 Å². The largest absolute Gasteiger partial charge is 0.334 e. The van der Waals surface area contributed by atoms with Crippen LogP contribution < -0.4 is 10.9 Å². The fourth-order valence-electron chi connectivity index (χ4n) is 2.15. The number of aromatic nitrogens is 1. The molecule has 0 aliphatic heterocycles. The van der Waals surface area contributed by atoms with Gasteiger partial charge < -0.3 is 5.32 Å². The molecule has 0 saturated heterocycles. The molecule has 0 aliphatic rings. The molecule has 0 aliphatic carbocycles. The van der Waals surface area contributed by atoms with Gasteiger partial charge in [0, 0.05) is 17.4 Å². The van der Waals surface area contributed by atoms with E-state index in [2.05, 4.69) is 5.32 Å². The van der Waals surface area contributed by atoms with Gasteiger partial charge in [-0.3, -0.25) is 24.3 Å². The van der Waals surface area contributed by atoms with E-state index in [0.29, 0.717) is 11.4 Å². The number of hydrogen-bond acceptors (Lipinski definition) is 4. The van der Waals surface area contributed by atoms with Gasteiger partial charge in [-0.15, -0.1) is 0 Å². The number of amides is 1. The van der Waals surface area contributed by atoms with Gasteiger partial charge in [-0.25, -0.2) is 4.39 Å².